The van der Waals surface area contributed by atoms with Gasteiger partial charge in [-0.3, -0.25) is 9.36 Å². The second-order valence-electron chi connectivity index (χ2n) is 6.81. The van der Waals surface area contributed by atoms with E-state index in [9.17, 15) is 4.79 Å². The topological polar surface area (TPSA) is 22.0 Å². The predicted octanol–water partition coefficient (Wildman–Crippen LogP) is 5.25. The predicted molar refractivity (Wildman–Crippen MR) is 110 cm³/mol. The molecule has 1 saturated heterocycles. The average molecular weight is 358 g/mol. The first-order valence-electron chi connectivity index (χ1n) is 9.13. The molecule has 2 heterocycles. The molecule has 0 aliphatic carbocycles. The summed E-state index contributed by atoms with van der Waals surface area (Å²) >= 11 is 0. The summed E-state index contributed by atoms with van der Waals surface area (Å²) in [5, 5.41) is 2.36. The molecule has 0 unspecified atom stereocenters. The second-order valence-corrected chi connectivity index (χ2v) is 9.08. The lowest BCUT2D eigenvalue weighted by Crippen LogP contribution is -2.11. The Morgan fingerprint density at radius 2 is 1.46 bits per heavy atom. The van der Waals surface area contributed by atoms with Crippen molar-refractivity contribution in [2.45, 2.75) is 17.7 Å². The molecule has 0 saturated carbocycles. The number of aromatic nitrogens is 1. The van der Waals surface area contributed by atoms with Gasteiger partial charge < -0.3 is 0 Å². The first-order valence-corrected chi connectivity index (χ1v) is 10.7. The Balaban J connectivity index is 1.75. The number of hydrogen-bond donors (Lipinski definition) is 0. The summed E-state index contributed by atoms with van der Waals surface area (Å²) in [6.07, 6.45) is 2.69. The zero-order chi connectivity index (χ0) is 17.5. The molecule has 0 N–H and O–H groups in total. The summed E-state index contributed by atoms with van der Waals surface area (Å²) in [5.41, 5.74) is 2.71. The molecule has 1 aliphatic rings. The number of benzene rings is 3. The molecule has 3 aromatic carbocycles. The van der Waals surface area contributed by atoms with Gasteiger partial charge in [0.15, 0.2) is 4.90 Å². The van der Waals surface area contributed by atoms with Crippen molar-refractivity contribution in [2.24, 2.45) is 0 Å². The monoisotopic (exact) mass is 358 g/mol. The fraction of sp³-hybridized carbons (Fsp3) is 0.174. The molecule has 1 aliphatic heterocycles. The highest BCUT2D eigenvalue weighted by Gasteiger charge is 2.28. The minimum Gasteiger partial charge on any atom is -0.276 e. The van der Waals surface area contributed by atoms with E-state index in [0.717, 1.165) is 22.0 Å². The molecule has 0 bridgehead atoms. The molecule has 0 spiro atoms. The Morgan fingerprint density at radius 1 is 0.769 bits per heavy atom. The minimum atomic E-state index is 0.0351. The van der Waals surface area contributed by atoms with Crippen molar-refractivity contribution in [2.75, 3.05) is 11.5 Å². The Hall–Kier alpha value is -2.52. The van der Waals surface area contributed by atoms with Crippen molar-refractivity contribution in [1.29, 1.82) is 0 Å². The van der Waals surface area contributed by atoms with Crippen LogP contribution in [0.25, 0.3) is 21.8 Å². The highest BCUT2D eigenvalue weighted by molar-refractivity contribution is 7.97. The minimum absolute atomic E-state index is 0.0351. The van der Waals surface area contributed by atoms with E-state index in [1.54, 1.807) is 0 Å². The molecule has 4 aromatic rings. The number of fused-ring (bicyclic) bond motifs is 3. The summed E-state index contributed by atoms with van der Waals surface area (Å²) in [4.78, 5) is 14.7. The number of carbonyl (C=O) groups excluding carboxylic acids is 1. The van der Waals surface area contributed by atoms with Gasteiger partial charge in [0.05, 0.1) is 11.0 Å². The molecular formula is C23H20NOS+. The maximum absolute atomic E-state index is 13.2. The van der Waals surface area contributed by atoms with Crippen LogP contribution in [0, 0.1) is 0 Å². The van der Waals surface area contributed by atoms with Crippen LogP contribution >= 0.6 is 0 Å². The van der Waals surface area contributed by atoms with E-state index in [-0.39, 0.29) is 5.91 Å². The lowest BCUT2D eigenvalue weighted by Gasteiger charge is -2.06. The second kappa shape index (κ2) is 6.33. The van der Waals surface area contributed by atoms with Crippen molar-refractivity contribution < 1.29 is 4.79 Å². The van der Waals surface area contributed by atoms with E-state index in [2.05, 4.69) is 30.3 Å². The Bertz CT molecular complexity index is 1110. The van der Waals surface area contributed by atoms with E-state index in [0.29, 0.717) is 10.9 Å². The highest BCUT2D eigenvalue weighted by Crippen LogP contribution is 2.33. The zero-order valence-electron chi connectivity index (χ0n) is 14.5. The van der Waals surface area contributed by atoms with E-state index >= 15 is 0 Å². The lowest BCUT2D eigenvalue weighted by atomic mass is 10.1. The Labute approximate surface area is 155 Å². The number of nitrogens with zero attached hydrogens (tertiary/aromatic N) is 1. The van der Waals surface area contributed by atoms with Crippen LogP contribution in [-0.4, -0.2) is 22.0 Å². The maximum atomic E-state index is 13.2. The summed E-state index contributed by atoms with van der Waals surface area (Å²) < 4.78 is 1.88. The van der Waals surface area contributed by atoms with Crippen LogP contribution in [0.4, 0.5) is 0 Å². The molecule has 1 aromatic heterocycles. The van der Waals surface area contributed by atoms with Crippen LogP contribution in [0.15, 0.2) is 77.7 Å². The van der Waals surface area contributed by atoms with Gasteiger partial charge in [-0.15, -0.1) is 0 Å². The van der Waals surface area contributed by atoms with Crippen LogP contribution < -0.4 is 0 Å². The molecule has 3 heteroatoms. The van der Waals surface area contributed by atoms with Crippen molar-refractivity contribution in [3.05, 3.63) is 78.4 Å². The van der Waals surface area contributed by atoms with Gasteiger partial charge in [0.25, 0.3) is 5.91 Å². The van der Waals surface area contributed by atoms with Crippen molar-refractivity contribution >= 4 is 38.6 Å². The molecule has 26 heavy (non-hydrogen) atoms. The van der Waals surface area contributed by atoms with E-state index < -0.39 is 0 Å². The van der Waals surface area contributed by atoms with Gasteiger partial charge in [-0.25, -0.2) is 0 Å². The number of para-hydroxylation sites is 1. The standard InChI is InChI=1S/C23H20NOS/c25-23(17-8-2-1-3-9-17)24-21-11-5-4-10-19(21)20-16-18(12-13-22(20)24)26-14-6-7-15-26/h1-5,8-13,16H,6-7,14-15H2/q+1. The largest absolute Gasteiger partial charge is 0.276 e. The quantitative estimate of drug-likeness (QED) is 0.448. The van der Waals surface area contributed by atoms with Crippen LogP contribution in [-0.2, 0) is 10.9 Å². The smallest absolute Gasteiger partial charge is 0.262 e. The van der Waals surface area contributed by atoms with E-state index in [1.165, 1.54) is 34.6 Å². The van der Waals surface area contributed by atoms with Crippen LogP contribution in [0.5, 0.6) is 0 Å². The van der Waals surface area contributed by atoms with Crippen molar-refractivity contribution in [3.8, 4) is 0 Å². The molecule has 0 amide bonds. The fourth-order valence-electron chi connectivity index (χ4n) is 3.95. The third-order valence-corrected chi connectivity index (χ3v) is 7.72. The molecule has 0 atom stereocenters. The van der Waals surface area contributed by atoms with E-state index in [4.69, 9.17) is 0 Å². The first-order chi connectivity index (χ1) is 12.8. The molecule has 0 radical (unpaired) electrons. The molecule has 1 fully saturated rings. The number of hydrogen-bond acceptors (Lipinski definition) is 1. The van der Waals surface area contributed by atoms with Gasteiger partial charge in [-0.05, 0) is 43.2 Å². The normalized spacial score (nSPS) is 15.1. The summed E-state index contributed by atoms with van der Waals surface area (Å²) in [6, 6.07) is 24.5. The Kier molecular flexibility index (Phi) is 3.83. The zero-order valence-corrected chi connectivity index (χ0v) is 15.3. The molecular weight excluding hydrogens is 338 g/mol. The first kappa shape index (κ1) is 15.7. The Morgan fingerprint density at radius 3 is 2.27 bits per heavy atom. The number of carbonyl (C=O) groups is 1. The number of rotatable bonds is 2. The van der Waals surface area contributed by atoms with Crippen molar-refractivity contribution in [1.82, 2.24) is 4.57 Å². The van der Waals surface area contributed by atoms with Crippen LogP contribution in [0.1, 0.15) is 23.2 Å². The third-order valence-electron chi connectivity index (χ3n) is 5.23. The molecule has 5 rings (SSSR count). The van der Waals surface area contributed by atoms with E-state index in [1.807, 2.05) is 47.0 Å². The van der Waals surface area contributed by atoms with Gasteiger partial charge in [0.1, 0.15) is 11.5 Å². The van der Waals surface area contributed by atoms with Crippen molar-refractivity contribution in [3.63, 3.8) is 0 Å². The maximum Gasteiger partial charge on any atom is 0.262 e. The van der Waals surface area contributed by atoms with Crippen LogP contribution in [0.3, 0.4) is 0 Å². The molecule has 2 nitrogen and oxygen atoms in total. The van der Waals surface area contributed by atoms with Gasteiger partial charge in [0.2, 0.25) is 0 Å². The summed E-state index contributed by atoms with van der Waals surface area (Å²) in [6.45, 7) is 0. The highest BCUT2D eigenvalue weighted by atomic mass is 32.2. The summed E-state index contributed by atoms with van der Waals surface area (Å²) in [5.74, 6) is 2.66. The fourth-order valence-corrected chi connectivity index (χ4v) is 6.28. The third kappa shape index (κ3) is 2.46. The SMILES string of the molecule is O=C(c1ccccc1)n1c2ccccc2c2cc([S+]3CCCC3)ccc21. The average Bonchev–Trinajstić information content (AvgIpc) is 3.34. The van der Waals surface area contributed by atoms with Crippen LogP contribution in [0.2, 0.25) is 0 Å². The lowest BCUT2D eigenvalue weighted by molar-refractivity contribution is 0.0969. The van der Waals surface area contributed by atoms with Gasteiger partial charge in [-0.1, -0.05) is 36.4 Å². The summed E-state index contributed by atoms with van der Waals surface area (Å²) in [7, 11) is 0.379. The van der Waals surface area contributed by atoms with Gasteiger partial charge in [-0.2, -0.15) is 0 Å². The van der Waals surface area contributed by atoms with Gasteiger partial charge >= 0.3 is 0 Å². The molecule has 128 valence electrons. The van der Waals surface area contributed by atoms with Gasteiger partial charge in [0, 0.05) is 33.3 Å².